The summed E-state index contributed by atoms with van der Waals surface area (Å²) >= 11 is 0. The van der Waals surface area contributed by atoms with Crippen molar-refractivity contribution in [3.63, 3.8) is 0 Å². The minimum atomic E-state index is -0.639. The van der Waals surface area contributed by atoms with Gasteiger partial charge in [-0.2, -0.15) is 0 Å². The first kappa shape index (κ1) is 27.3. The molecule has 0 spiro atoms. The van der Waals surface area contributed by atoms with E-state index in [-0.39, 0.29) is 24.6 Å². The van der Waals surface area contributed by atoms with Gasteiger partial charge in [0.1, 0.15) is 6.61 Å². The number of carbonyl (C=O) groups is 2. The summed E-state index contributed by atoms with van der Waals surface area (Å²) in [7, 11) is 0. The van der Waals surface area contributed by atoms with Gasteiger partial charge in [0.2, 0.25) is 0 Å². The molecular weight excluding hydrogens is 454 g/mol. The average molecular weight is 486 g/mol. The topological polar surface area (TPSA) is 90.9 Å². The highest BCUT2D eigenvalue weighted by atomic mass is 35.5. The van der Waals surface area contributed by atoms with Crippen LogP contribution >= 0.6 is 12.4 Å². The average Bonchev–Trinajstić information content (AvgIpc) is 2.87. The predicted molar refractivity (Wildman–Crippen MR) is 135 cm³/mol. The molecule has 0 aliphatic rings. The predicted octanol–water partition coefficient (Wildman–Crippen LogP) is 5.04. The Kier molecular flexibility index (Phi) is 10.5. The van der Waals surface area contributed by atoms with E-state index in [1.807, 2.05) is 12.1 Å². The lowest BCUT2D eigenvalue weighted by Crippen LogP contribution is -2.28. The quantitative estimate of drug-likeness (QED) is 0.276. The lowest BCUT2D eigenvalue weighted by molar-refractivity contribution is 0.0237. The number of amides is 2. The zero-order valence-electron chi connectivity index (χ0n) is 19.7. The van der Waals surface area contributed by atoms with Gasteiger partial charge in [-0.25, -0.2) is 11.0 Å². The number of hydroxylamine groups is 2. The van der Waals surface area contributed by atoms with E-state index in [1.54, 1.807) is 5.48 Å². The minimum absolute atomic E-state index is 0. The Morgan fingerprint density at radius 1 is 0.882 bits per heavy atom. The molecule has 0 radical (unpaired) electrons. The Labute approximate surface area is 206 Å². The molecule has 0 heterocycles. The maximum absolute atomic E-state index is 12.4. The van der Waals surface area contributed by atoms with Gasteiger partial charge in [-0.05, 0) is 65.7 Å². The highest BCUT2D eigenvalue weighted by molar-refractivity contribution is 5.97. The molecule has 0 aliphatic carbocycles. The fraction of sp³-hybridized carbons (Fsp3) is 0.308. The molecule has 2 amide bonds. The van der Waals surface area contributed by atoms with Crippen LogP contribution in [0.1, 0.15) is 65.1 Å². The summed E-state index contributed by atoms with van der Waals surface area (Å²) in [4.78, 5) is 31.8. The first-order valence-electron chi connectivity index (χ1n) is 11.2. The zero-order valence-corrected chi connectivity index (χ0v) is 20.5. The van der Waals surface area contributed by atoms with Crippen LogP contribution in [0, 0.1) is 0 Å². The van der Waals surface area contributed by atoms with Crippen LogP contribution in [0.3, 0.4) is 0 Å². The van der Waals surface area contributed by atoms with Gasteiger partial charge in [0, 0.05) is 17.2 Å². The van der Waals surface area contributed by atoms with E-state index in [9.17, 15) is 9.59 Å². The molecule has 182 valence electrons. The Hall–Kier alpha value is -2.97. The summed E-state index contributed by atoms with van der Waals surface area (Å²) < 4.78 is 0. The summed E-state index contributed by atoms with van der Waals surface area (Å²) in [6.07, 6.45) is 1.02. The van der Waals surface area contributed by atoms with Gasteiger partial charge in [-0.15, -0.1) is 12.4 Å². The van der Waals surface area contributed by atoms with Crippen LogP contribution < -0.4 is 11.0 Å². The molecule has 0 fully saturated rings. The molecule has 3 aromatic carbocycles. The van der Waals surface area contributed by atoms with Crippen LogP contribution in [0.2, 0.25) is 0 Å². The number of benzene rings is 3. The highest BCUT2D eigenvalue weighted by Gasteiger charge is 2.19. The summed E-state index contributed by atoms with van der Waals surface area (Å²) in [5, 5.41) is 11.0. The summed E-state index contributed by atoms with van der Waals surface area (Å²) in [6, 6.07) is 18.7. The summed E-state index contributed by atoms with van der Waals surface area (Å²) in [6.45, 7) is 8.80. The Balaban J connectivity index is 0.00000408. The number of hydrogen-bond acceptors (Lipinski definition) is 5. The first-order chi connectivity index (χ1) is 16.0. The summed E-state index contributed by atoms with van der Waals surface area (Å²) in [5.74, 6) is -1.06. The number of rotatable bonds is 10. The van der Waals surface area contributed by atoms with Crippen molar-refractivity contribution in [2.24, 2.45) is 0 Å². The van der Waals surface area contributed by atoms with Crippen molar-refractivity contribution >= 4 is 35.0 Å². The molecule has 3 N–H and O–H groups in total. The Morgan fingerprint density at radius 3 is 2.03 bits per heavy atom. The summed E-state index contributed by atoms with van der Waals surface area (Å²) in [5.41, 5.74) is 6.90. The molecule has 0 saturated heterocycles. The number of nitrogens with one attached hydrogen (secondary N) is 2. The monoisotopic (exact) mass is 485 g/mol. The normalized spacial score (nSPS) is 11.7. The van der Waals surface area contributed by atoms with Gasteiger partial charge in [0.25, 0.3) is 11.8 Å². The van der Waals surface area contributed by atoms with E-state index >= 15 is 0 Å². The Morgan fingerprint density at radius 2 is 1.47 bits per heavy atom. The second-order valence-corrected chi connectivity index (χ2v) is 7.74. The van der Waals surface area contributed by atoms with E-state index in [0.29, 0.717) is 11.6 Å². The SMILES string of the molecule is CCC(c1ccc(CONC(=O)c2ccc(C(=O)NO)cc2)c2ccccc12)N(CC)CC.Cl. The van der Waals surface area contributed by atoms with Crippen molar-refractivity contribution in [1.82, 2.24) is 15.9 Å². The lowest BCUT2D eigenvalue weighted by Gasteiger charge is -2.30. The van der Waals surface area contributed by atoms with Gasteiger partial charge in [-0.3, -0.25) is 24.5 Å². The largest absolute Gasteiger partial charge is 0.297 e. The molecule has 3 aromatic rings. The molecule has 34 heavy (non-hydrogen) atoms. The van der Waals surface area contributed by atoms with Gasteiger partial charge in [0.15, 0.2) is 0 Å². The number of nitrogens with zero attached hydrogens (tertiary/aromatic N) is 1. The van der Waals surface area contributed by atoms with Gasteiger partial charge >= 0.3 is 0 Å². The molecule has 1 unspecified atom stereocenters. The van der Waals surface area contributed by atoms with Crippen molar-refractivity contribution in [3.8, 4) is 0 Å². The molecule has 0 bridgehead atoms. The molecule has 0 saturated carbocycles. The van der Waals surface area contributed by atoms with Crippen molar-refractivity contribution < 1.29 is 19.6 Å². The van der Waals surface area contributed by atoms with Crippen molar-refractivity contribution in [2.45, 2.75) is 39.8 Å². The second kappa shape index (κ2) is 13.1. The van der Waals surface area contributed by atoms with Crippen molar-refractivity contribution in [1.29, 1.82) is 0 Å². The first-order valence-corrected chi connectivity index (χ1v) is 11.2. The van der Waals surface area contributed by atoms with Gasteiger partial charge in [0.05, 0.1) is 0 Å². The number of hydrogen-bond donors (Lipinski definition) is 3. The van der Waals surface area contributed by atoms with Crippen LogP contribution in [-0.2, 0) is 11.4 Å². The lowest BCUT2D eigenvalue weighted by atomic mass is 9.93. The number of fused-ring (bicyclic) bond motifs is 1. The smallest absolute Gasteiger partial charge is 0.274 e. The van der Waals surface area contributed by atoms with E-state index in [2.05, 4.69) is 55.4 Å². The third-order valence-corrected chi connectivity index (χ3v) is 5.95. The van der Waals surface area contributed by atoms with Crippen LogP contribution in [0.4, 0.5) is 0 Å². The number of halogens is 1. The molecular formula is C26H32ClN3O4. The Bertz CT molecular complexity index is 1100. The van der Waals surface area contributed by atoms with Gasteiger partial charge < -0.3 is 0 Å². The standard InChI is InChI=1S/C26H31N3O4.ClH/c1-4-24(29(5-2)6-3)23-16-15-20(21-9-7-8-10-22(21)23)17-33-28-26(31)19-13-11-18(12-14-19)25(30)27-32;/h7-16,24,32H,4-6,17H2,1-3H3,(H,27,30)(H,28,31);1H. The molecule has 0 aliphatic heterocycles. The van der Waals surface area contributed by atoms with E-state index in [0.717, 1.165) is 30.5 Å². The maximum Gasteiger partial charge on any atom is 0.274 e. The van der Waals surface area contributed by atoms with Crippen molar-refractivity contribution in [2.75, 3.05) is 13.1 Å². The minimum Gasteiger partial charge on any atom is -0.297 e. The maximum atomic E-state index is 12.4. The number of carbonyl (C=O) groups excluding carboxylic acids is 2. The fourth-order valence-electron chi connectivity index (χ4n) is 4.22. The van der Waals surface area contributed by atoms with E-state index < -0.39 is 11.8 Å². The van der Waals surface area contributed by atoms with Crippen LogP contribution in [0.25, 0.3) is 10.8 Å². The molecule has 8 heteroatoms. The van der Waals surface area contributed by atoms with Crippen LogP contribution in [-0.4, -0.2) is 35.0 Å². The third-order valence-electron chi connectivity index (χ3n) is 5.95. The van der Waals surface area contributed by atoms with Gasteiger partial charge in [-0.1, -0.05) is 57.2 Å². The van der Waals surface area contributed by atoms with Crippen LogP contribution in [0.5, 0.6) is 0 Å². The van der Waals surface area contributed by atoms with E-state index in [4.69, 9.17) is 10.0 Å². The molecule has 0 aromatic heterocycles. The molecule has 7 nitrogen and oxygen atoms in total. The molecule has 3 rings (SSSR count). The highest BCUT2D eigenvalue weighted by Crippen LogP contribution is 2.32. The fourth-order valence-corrected chi connectivity index (χ4v) is 4.22. The molecule has 1 atom stereocenters. The van der Waals surface area contributed by atoms with E-state index in [1.165, 1.54) is 35.2 Å². The zero-order chi connectivity index (χ0) is 23.8. The van der Waals surface area contributed by atoms with Crippen LogP contribution in [0.15, 0.2) is 60.7 Å². The third kappa shape index (κ3) is 6.12. The second-order valence-electron chi connectivity index (χ2n) is 7.74. The van der Waals surface area contributed by atoms with Crippen molar-refractivity contribution in [3.05, 3.63) is 82.9 Å².